The maximum absolute atomic E-state index is 12.6. The minimum atomic E-state index is -0.179. The lowest BCUT2D eigenvalue weighted by atomic mass is 10.1. The zero-order chi connectivity index (χ0) is 20.9. The Morgan fingerprint density at radius 1 is 0.733 bits per heavy atom. The average molecular weight is 399 g/mol. The van der Waals surface area contributed by atoms with Crippen LogP contribution >= 0.6 is 0 Å². The van der Waals surface area contributed by atoms with Gasteiger partial charge in [0, 0.05) is 41.3 Å². The molecule has 0 bridgehead atoms. The molecular formula is C25H25N3O2. The third kappa shape index (κ3) is 4.51. The zero-order valence-corrected chi connectivity index (χ0v) is 17.0. The summed E-state index contributed by atoms with van der Waals surface area (Å²) in [6, 6.07) is 22.0. The summed E-state index contributed by atoms with van der Waals surface area (Å²) in [4.78, 5) is 27.2. The minimum Gasteiger partial charge on any atom is -0.371 e. The van der Waals surface area contributed by atoms with Crippen LogP contribution in [0, 0.1) is 6.92 Å². The number of nitrogens with zero attached hydrogens (tertiary/aromatic N) is 1. The van der Waals surface area contributed by atoms with Crippen molar-refractivity contribution in [2.45, 2.75) is 19.8 Å². The lowest BCUT2D eigenvalue weighted by Crippen LogP contribution is -2.19. The highest BCUT2D eigenvalue weighted by molar-refractivity contribution is 6.06. The fourth-order valence-corrected chi connectivity index (χ4v) is 3.75. The second-order valence-corrected chi connectivity index (χ2v) is 7.55. The van der Waals surface area contributed by atoms with Crippen LogP contribution in [-0.2, 0) is 0 Å². The van der Waals surface area contributed by atoms with Crippen molar-refractivity contribution in [2.24, 2.45) is 0 Å². The fourth-order valence-electron chi connectivity index (χ4n) is 3.75. The summed E-state index contributed by atoms with van der Waals surface area (Å²) >= 11 is 0. The van der Waals surface area contributed by atoms with Gasteiger partial charge in [-0.1, -0.05) is 18.2 Å². The molecule has 0 aromatic heterocycles. The Kier molecular flexibility index (Phi) is 5.80. The highest BCUT2D eigenvalue weighted by Gasteiger charge is 2.15. The van der Waals surface area contributed by atoms with Crippen molar-refractivity contribution in [3.8, 4) is 0 Å². The third-order valence-electron chi connectivity index (χ3n) is 5.34. The van der Waals surface area contributed by atoms with E-state index in [1.807, 2.05) is 30.3 Å². The van der Waals surface area contributed by atoms with E-state index in [2.05, 4.69) is 28.5 Å². The van der Waals surface area contributed by atoms with E-state index in [4.69, 9.17) is 0 Å². The lowest BCUT2D eigenvalue weighted by Gasteiger charge is -2.20. The molecule has 3 aromatic rings. The molecule has 1 fully saturated rings. The van der Waals surface area contributed by atoms with Crippen LogP contribution in [-0.4, -0.2) is 24.9 Å². The summed E-state index contributed by atoms with van der Waals surface area (Å²) in [5, 5.41) is 5.80. The molecule has 1 saturated heterocycles. The summed E-state index contributed by atoms with van der Waals surface area (Å²) in [6.07, 6.45) is 2.47. The molecule has 0 atom stereocenters. The number of amides is 2. The molecule has 5 heteroatoms. The average Bonchev–Trinajstić information content (AvgIpc) is 3.29. The number of carbonyl (C=O) groups excluding carboxylic acids is 2. The van der Waals surface area contributed by atoms with Gasteiger partial charge in [0.15, 0.2) is 0 Å². The van der Waals surface area contributed by atoms with Gasteiger partial charge in [-0.25, -0.2) is 0 Å². The molecule has 30 heavy (non-hydrogen) atoms. The Balaban J connectivity index is 1.39. The van der Waals surface area contributed by atoms with Crippen molar-refractivity contribution in [1.82, 2.24) is 0 Å². The second-order valence-electron chi connectivity index (χ2n) is 7.55. The molecule has 152 valence electrons. The summed E-state index contributed by atoms with van der Waals surface area (Å²) < 4.78 is 0. The molecule has 4 rings (SSSR count). The first-order valence-corrected chi connectivity index (χ1v) is 10.2. The number of anilines is 3. The van der Waals surface area contributed by atoms with Crippen LogP contribution < -0.4 is 15.5 Å². The summed E-state index contributed by atoms with van der Waals surface area (Å²) in [5.41, 5.74) is 4.95. The monoisotopic (exact) mass is 399 g/mol. The molecule has 0 spiro atoms. The van der Waals surface area contributed by atoms with E-state index in [1.165, 1.54) is 18.5 Å². The molecule has 0 saturated carbocycles. The Labute approximate surface area is 176 Å². The SMILES string of the molecule is Cc1cc(NC(=O)c2ccc(NC(=O)c3ccccc3)cc2)ccc1N1CCCC1. The van der Waals surface area contributed by atoms with Gasteiger partial charge in [-0.05, 0) is 79.9 Å². The maximum Gasteiger partial charge on any atom is 0.255 e. The van der Waals surface area contributed by atoms with Gasteiger partial charge in [-0.15, -0.1) is 0 Å². The largest absolute Gasteiger partial charge is 0.371 e. The van der Waals surface area contributed by atoms with Crippen LogP contribution in [0.3, 0.4) is 0 Å². The van der Waals surface area contributed by atoms with Crippen molar-refractivity contribution in [1.29, 1.82) is 0 Å². The number of carbonyl (C=O) groups is 2. The first-order chi connectivity index (χ1) is 14.6. The van der Waals surface area contributed by atoms with Crippen LogP contribution in [0.1, 0.15) is 39.1 Å². The molecule has 3 aromatic carbocycles. The van der Waals surface area contributed by atoms with Crippen LogP contribution in [0.25, 0.3) is 0 Å². The molecule has 1 aliphatic heterocycles. The Morgan fingerprint density at radius 2 is 1.30 bits per heavy atom. The first kappa shape index (κ1) is 19.7. The zero-order valence-electron chi connectivity index (χ0n) is 17.0. The van der Waals surface area contributed by atoms with E-state index >= 15 is 0 Å². The van der Waals surface area contributed by atoms with E-state index in [0.29, 0.717) is 16.8 Å². The second kappa shape index (κ2) is 8.82. The molecule has 0 aliphatic carbocycles. The summed E-state index contributed by atoms with van der Waals surface area (Å²) in [7, 11) is 0. The number of benzene rings is 3. The van der Waals surface area contributed by atoms with E-state index in [1.54, 1.807) is 36.4 Å². The number of aryl methyl sites for hydroxylation is 1. The van der Waals surface area contributed by atoms with Crippen molar-refractivity contribution in [3.05, 3.63) is 89.5 Å². The standard InChI is InChI=1S/C25H25N3O2/c1-18-17-22(13-14-23(18)28-15-5-6-16-28)27-25(30)20-9-11-21(12-10-20)26-24(29)19-7-3-2-4-8-19/h2-4,7-14,17H,5-6,15-16H2,1H3,(H,26,29)(H,27,30). The maximum atomic E-state index is 12.6. The molecule has 1 aliphatic rings. The highest BCUT2D eigenvalue weighted by atomic mass is 16.2. The number of hydrogen-bond donors (Lipinski definition) is 2. The van der Waals surface area contributed by atoms with Crippen molar-refractivity contribution in [2.75, 3.05) is 28.6 Å². The number of nitrogens with one attached hydrogen (secondary N) is 2. The predicted octanol–water partition coefficient (Wildman–Crippen LogP) is 5.10. The lowest BCUT2D eigenvalue weighted by molar-refractivity contribution is 0.102. The van der Waals surface area contributed by atoms with E-state index in [9.17, 15) is 9.59 Å². The number of rotatable bonds is 5. The van der Waals surface area contributed by atoms with Gasteiger partial charge in [-0.2, -0.15) is 0 Å². The molecule has 0 unspecified atom stereocenters. The van der Waals surface area contributed by atoms with Gasteiger partial charge in [0.05, 0.1) is 0 Å². The Bertz CT molecular complexity index is 1040. The molecule has 2 N–H and O–H groups in total. The van der Waals surface area contributed by atoms with Gasteiger partial charge in [-0.3, -0.25) is 9.59 Å². The predicted molar refractivity (Wildman–Crippen MR) is 121 cm³/mol. The molecule has 1 heterocycles. The normalized spacial score (nSPS) is 13.2. The fraction of sp³-hybridized carbons (Fsp3) is 0.200. The van der Waals surface area contributed by atoms with E-state index in [0.717, 1.165) is 24.3 Å². The van der Waals surface area contributed by atoms with Gasteiger partial charge in [0.25, 0.3) is 11.8 Å². The smallest absolute Gasteiger partial charge is 0.255 e. The van der Waals surface area contributed by atoms with E-state index in [-0.39, 0.29) is 11.8 Å². The Hall–Kier alpha value is -3.60. The third-order valence-corrected chi connectivity index (χ3v) is 5.34. The molecule has 5 nitrogen and oxygen atoms in total. The first-order valence-electron chi connectivity index (χ1n) is 10.2. The van der Waals surface area contributed by atoms with Crippen LogP contribution in [0.15, 0.2) is 72.8 Å². The van der Waals surface area contributed by atoms with Gasteiger partial charge in [0.2, 0.25) is 0 Å². The van der Waals surface area contributed by atoms with Gasteiger partial charge in [0.1, 0.15) is 0 Å². The van der Waals surface area contributed by atoms with E-state index < -0.39 is 0 Å². The topological polar surface area (TPSA) is 61.4 Å². The van der Waals surface area contributed by atoms with Crippen molar-refractivity contribution in [3.63, 3.8) is 0 Å². The molecule has 2 amide bonds. The van der Waals surface area contributed by atoms with Crippen molar-refractivity contribution >= 4 is 28.9 Å². The van der Waals surface area contributed by atoms with Crippen LogP contribution in [0.4, 0.5) is 17.1 Å². The summed E-state index contributed by atoms with van der Waals surface area (Å²) in [5.74, 6) is -0.356. The van der Waals surface area contributed by atoms with Crippen molar-refractivity contribution < 1.29 is 9.59 Å². The van der Waals surface area contributed by atoms with Gasteiger partial charge >= 0.3 is 0 Å². The number of hydrogen-bond acceptors (Lipinski definition) is 3. The van der Waals surface area contributed by atoms with Crippen LogP contribution in [0.2, 0.25) is 0 Å². The minimum absolute atomic E-state index is 0.177. The van der Waals surface area contributed by atoms with Crippen LogP contribution in [0.5, 0.6) is 0 Å². The molecular weight excluding hydrogens is 374 g/mol. The van der Waals surface area contributed by atoms with Gasteiger partial charge < -0.3 is 15.5 Å². The summed E-state index contributed by atoms with van der Waals surface area (Å²) in [6.45, 7) is 4.27. The Morgan fingerprint density at radius 3 is 1.93 bits per heavy atom. The highest BCUT2D eigenvalue weighted by Crippen LogP contribution is 2.27. The quantitative estimate of drug-likeness (QED) is 0.627. The molecule has 0 radical (unpaired) electrons.